The van der Waals surface area contributed by atoms with E-state index in [4.69, 9.17) is 19.3 Å². The van der Waals surface area contributed by atoms with E-state index in [1.54, 1.807) is 39.0 Å². The summed E-state index contributed by atoms with van der Waals surface area (Å²) in [5, 5.41) is 24.7. The second-order valence-corrected chi connectivity index (χ2v) is 11.0. The minimum absolute atomic E-state index is 0.0474. The van der Waals surface area contributed by atoms with Gasteiger partial charge in [-0.2, -0.15) is 13.2 Å². The fourth-order valence-electron chi connectivity index (χ4n) is 4.23. The Balaban J connectivity index is 1.78. The number of nitrogens with zero attached hydrogens (tertiary/aromatic N) is 2. The molecule has 1 aromatic heterocycles. The molecule has 250 valence electrons. The highest BCUT2D eigenvalue weighted by atomic mass is 19.4. The molecule has 0 aliphatic rings. The average Bonchev–Trinajstić information content (AvgIpc) is 3.30. The van der Waals surface area contributed by atoms with Gasteiger partial charge in [0, 0.05) is 23.7 Å². The summed E-state index contributed by atoms with van der Waals surface area (Å²) in [6.45, 7) is 4.66. The molecule has 0 radical (unpaired) electrons. The molecule has 3 rings (SSSR count). The molecule has 0 aliphatic carbocycles. The number of carbonyl (C=O) groups is 2. The lowest BCUT2D eigenvalue weighted by Gasteiger charge is -2.26. The van der Waals surface area contributed by atoms with Crippen LogP contribution in [-0.4, -0.2) is 91.2 Å². The number of aliphatic hydroxyl groups excluding tert-OH is 1. The molecule has 2 aromatic carbocycles. The Bertz CT molecular complexity index is 1520. The van der Waals surface area contributed by atoms with Crippen molar-refractivity contribution in [2.24, 2.45) is 0 Å². The van der Waals surface area contributed by atoms with Crippen molar-refractivity contribution < 1.29 is 47.2 Å². The number of alkyl halides is 3. The first-order chi connectivity index (χ1) is 21.8. The summed E-state index contributed by atoms with van der Waals surface area (Å²) in [5.41, 5.74) is 0.196. The number of phenols is 1. The lowest BCUT2D eigenvalue weighted by Crippen LogP contribution is -2.37. The first-order valence-corrected chi connectivity index (χ1v) is 14.5. The minimum Gasteiger partial charge on any atom is -0.508 e. The van der Waals surface area contributed by atoms with Gasteiger partial charge < -0.3 is 39.6 Å². The second kappa shape index (κ2) is 16.7. The number of aliphatic hydroxyl groups is 1. The van der Waals surface area contributed by atoms with E-state index in [0.29, 0.717) is 30.0 Å². The first kappa shape index (κ1) is 36.0. The van der Waals surface area contributed by atoms with Gasteiger partial charge in [-0.05, 0) is 57.0 Å². The third-order valence-corrected chi connectivity index (χ3v) is 6.11. The van der Waals surface area contributed by atoms with Gasteiger partial charge in [0.15, 0.2) is 0 Å². The first-order valence-electron chi connectivity index (χ1n) is 14.5. The van der Waals surface area contributed by atoms with Crippen LogP contribution in [0.3, 0.4) is 0 Å². The predicted octanol–water partition coefficient (Wildman–Crippen LogP) is 4.26. The SMILES string of the molecule is CC(C)(C)OC(=O)N(CC#Cc1cc2c(NCC(=O)NCCOCCOCCO)cccc2n1CC(F)(F)F)c1cccc(O)c1. The lowest BCUT2D eigenvalue weighted by molar-refractivity contribution is -0.140. The number of ether oxygens (including phenoxy) is 3. The number of rotatable bonds is 14. The van der Waals surface area contributed by atoms with Crippen LogP contribution in [0.5, 0.6) is 5.75 Å². The molecule has 3 aromatic rings. The number of anilines is 2. The van der Waals surface area contributed by atoms with Gasteiger partial charge in [-0.1, -0.05) is 18.1 Å². The quantitative estimate of drug-likeness (QED) is 0.151. The Hall–Kier alpha value is -4.45. The normalized spacial score (nSPS) is 11.5. The summed E-state index contributed by atoms with van der Waals surface area (Å²) in [7, 11) is 0. The van der Waals surface area contributed by atoms with Crippen LogP contribution in [0.2, 0.25) is 0 Å². The van der Waals surface area contributed by atoms with Gasteiger partial charge in [-0.3, -0.25) is 9.69 Å². The van der Waals surface area contributed by atoms with Crippen LogP contribution in [0.15, 0.2) is 48.5 Å². The zero-order valence-electron chi connectivity index (χ0n) is 25.9. The fourth-order valence-corrected chi connectivity index (χ4v) is 4.23. The zero-order chi connectivity index (χ0) is 33.7. The van der Waals surface area contributed by atoms with Crippen LogP contribution in [0.4, 0.5) is 29.3 Å². The van der Waals surface area contributed by atoms with E-state index in [-0.39, 0.29) is 62.3 Å². The Morgan fingerprint density at radius 1 is 1.00 bits per heavy atom. The molecule has 4 N–H and O–H groups in total. The van der Waals surface area contributed by atoms with Crippen molar-refractivity contribution in [1.82, 2.24) is 9.88 Å². The van der Waals surface area contributed by atoms with Crippen molar-refractivity contribution in [3.63, 3.8) is 0 Å². The predicted molar refractivity (Wildman–Crippen MR) is 167 cm³/mol. The van der Waals surface area contributed by atoms with Crippen molar-refractivity contribution in [2.75, 3.05) is 62.9 Å². The van der Waals surface area contributed by atoms with Crippen molar-refractivity contribution in [3.05, 3.63) is 54.2 Å². The van der Waals surface area contributed by atoms with E-state index in [1.165, 1.54) is 35.2 Å². The molecular weight excluding hydrogens is 609 g/mol. The molecule has 14 heteroatoms. The molecule has 0 saturated heterocycles. The number of halogens is 3. The summed E-state index contributed by atoms with van der Waals surface area (Å²) in [6, 6.07) is 12.1. The fraction of sp³-hybridized carbons (Fsp3) is 0.438. The van der Waals surface area contributed by atoms with Crippen molar-refractivity contribution in [2.45, 2.75) is 39.1 Å². The lowest BCUT2D eigenvalue weighted by atomic mass is 10.2. The van der Waals surface area contributed by atoms with Gasteiger partial charge in [-0.25, -0.2) is 4.79 Å². The summed E-state index contributed by atoms with van der Waals surface area (Å²) in [5.74, 6) is 5.11. The van der Waals surface area contributed by atoms with Crippen LogP contribution in [0.1, 0.15) is 26.5 Å². The second-order valence-electron chi connectivity index (χ2n) is 11.0. The van der Waals surface area contributed by atoms with Crippen LogP contribution in [0, 0.1) is 11.8 Å². The highest BCUT2D eigenvalue weighted by Gasteiger charge is 2.30. The van der Waals surface area contributed by atoms with Crippen molar-refractivity contribution in [1.29, 1.82) is 0 Å². The summed E-state index contributed by atoms with van der Waals surface area (Å²) in [4.78, 5) is 26.5. The van der Waals surface area contributed by atoms with Gasteiger partial charge in [0.25, 0.3) is 0 Å². The maximum atomic E-state index is 13.6. The van der Waals surface area contributed by atoms with Crippen molar-refractivity contribution >= 4 is 34.3 Å². The number of hydrogen-bond donors (Lipinski definition) is 4. The third kappa shape index (κ3) is 11.8. The maximum absolute atomic E-state index is 13.6. The molecule has 0 spiro atoms. The number of carbonyl (C=O) groups excluding carboxylic acids is 2. The Morgan fingerprint density at radius 3 is 2.39 bits per heavy atom. The standard InChI is InChI=1S/C32H39F3N4O7/c1-31(2,3)46-30(43)38(23-7-4-9-25(41)19-23)13-6-8-24-20-26-27(10-5-11-28(26)39(24)22-32(33,34)35)37-21-29(42)36-12-15-44-17-18-45-16-14-40/h4-5,7,9-11,19-20,37,40-41H,12-18,21-22H2,1-3H3,(H,36,42). The molecule has 2 amide bonds. The summed E-state index contributed by atoms with van der Waals surface area (Å²) in [6.07, 6.45) is -5.30. The third-order valence-electron chi connectivity index (χ3n) is 6.11. The average molecular weight is 649 g/mol. The highest BCUT2D eigenvalue weighted by Crippen LogP contribution is 2.30. The van der Waals surface area contributed by atoms with Gasteiger partial charge in [0.1, 0.15) is 17.9 Å². The molecule has 0 saturated carbocycles. The number of aromatic nitrogens is 1. The number of aromatic hydroxyl groups is 1. The van der Waals surface area contributed by atoms with Crippen LogP contribution in [0.25, 0.3) is 10.9 Å². The minimum atomic E-state index is -4.55. The van der Waals surface area contributed by atoms with Crippen molar-refractivity contribution in [3.8, 4) is 17.6 Å². The number of hydrogen-bond acceptors (Lipinski definition) is 8. The zero-order valence-corrected chi connectivity index (χ0v) is 25.9. The molecular formula is C32H39F3N4O7. The van der Waals surface area contributed by atoms with Gasteiger partial charge in [0.2, 0.25) is 5.91 Å². The Kier molecular flexibility index (Phi) is 13.1. The largest absolute Gasteiger partial charge is 0.508 e. The maximum Gasteiger partial charge on any atom is 0.415 e. The van der Waals surface area contributed by atoms with E-state index < -0.39 is 24.4 Å². The Labute approximate surface area is 265 Å². The van der Waals surface area contributed by atoms with Crippen LogP contribution < -0.4 is 15.5 Å². The van der Waals surface area contributed by atoms with Gasteiger partial charge >= 0.3 is 12.3 Å². The Morgan fingerprint density at radius 2 is 1.72 bits per heavy atom. The van der Waals surface area contributed by atoms with E-state index >= 15 is 0 Å². The van der Waals surface area contributed by atoms with Crippen LogP contribution in [-0.2, 0) is 25.5 Å². The molecule has 46 heavy (non-hydrogen) atoms. The molecule has 0 aliphatic heterocycles. The van der Waals surface area contributed by atoms with E-state index in [1.807, 2.05) is 0 Å². The number of amides is 2. The van der Waals surface area contributed by atoms with E-state index in [2.05, 4.69) is 22.5 Å². The smallest absolute Gasteiger partial charge is 0.415 e. The number of nitrogens with one attached hydrogen (secondary N) is 2. The molecule has 0 fully saturated rings. The number of fused-ring (bicyclic) bond motifs is 1. The van der Waals surface area contributed by atoms with Gasteiger partial charge in [-0.15, -0.1) is 0 Å². The van der Waals surface area contributed by atoms with E-state index in [9.17, 15) is 27.9 Å². The summed E-state index contributed by atoms with van der Waals surface area (Å²) >= 11 is 0. The highest BCUT2D eigenvalue weighted by molar-refractivity contribution is 5.95. The molecule has 0 unspecified atom stereocenters. The topological polar surface area (TPSA) is 135 Å². The van der Waals surface area contributed by atoms with E-state index in [0.717, 1.165) is 4.57 Å². The monoisotopic (exact) mass is 648 g/mol. The van der Waals surface area contributed by atoms with Crippen LogP contribution >= 0.6 is 0 Å². The molecule has 0 bridgehead atoms. The molecule has 11 nitrogen and oxygen atoms in total. The summed E-state index contributed by atoms with van der Waals surface area (Å²) < 4.78 is 57.8. The van der Waals surface area contributed by atoms with Gasteiger partial charge in [0.05, 0.1) is 63.0 Å². The molecule has 0 atom stereocenters. The molecule has 1 heterocycles. The number of benzene rings is 2. The number of phenolic OH excluding ortho intramolecular Hbond substituents is 1.